The van der Waals surface area contributed by atoms with E-state index in [-0.39, 0.29) is 16.6 Å². The van der Waals surface area contributed by atoms with Gasteiger partial charge in [0.05, 0.1) is 10.6 Å². The van der Waals surface area contributed by atoms with Crippen LogP contribution in [0.4, 0.5) is 5.69 Å². The SMILES string of the molecule is Cc1cc(C(C)Nc2cccc(-c3ccc(C(=O)N[C@@H](C)C(=O)O)c(Cl)c3)c2)ccc1Cl. The third kappa shape index (κ3) is 5.61. The average Bonchev–Trinajstić information content (AvgIpc) is 2.75. The van der Waals surface area contributed by atoms with Gasteiger partial charge in [0.25, 0.3) is 5.91 Å². The highest BCUT2D eigenvalue weighted by Gasteiger charge is 2.18. The van der Waals surface area contributed by atoms with Gasteiger partial charge in [0, 0.05) is 16.8 Å². The summed E-state index contributed by atoms with van der Waals surface area (Å²) in [6.07, 6.45) is 0. The molecule has 0 aliphatic rings. The maximum absolute atomic E-state index is 12.3. The van der Waals surface area contributed by atoms with Crippen molar-refractivity contribution >= 4 is 40.8 Å². The monoisotopic (exact) mass is 470 g/mol. The second kappa shape index (κ2) is 10.1. The van der Waals surface area contributed by atoms with E-state index in [9.17, 15) is 9.59 Å². The lowest BCUT2D eigenvalue weighted by molar-refractivity contribution is -0.138. The molecule has 0 saturated carbocycles. The predicted octanol–water partition coefficient (Wildman–Crippen LogP) is 6.34. The molecule has 2 atom stereocenters. The number of carboxylic acids is 1. The molecule has 0 fully saturated rings. The van der Waals surface area contributed by atoms with Crippen LogP contribution in [0.3, 0.4) is 0 Å². The molecule has 0 aliphatic carbocycles. The van der Waals surface area contributed by atoms with Crippen LogP contribution in [0.5, 0.6) is 0 Å². The van der Waals surface area contributed by atoms with Crippen LogP contribution >= 0.6 is 23.2 Å². The molecule has 0 saturated heterocycles. The molecule has 5 nitrogen and oxygen atoms in total. The molecule has 0 heterocycles. The van der Waals surface area contributed by atoms with Crippen molar-refractivity contribution in [1.82, 2.24) is 5.32 Å². The van der Waals surface area contributed by atoms with Crippen LogP contribution in [0.1, 0.15) is 41.4 Å². The lowest BCUT2D eigenvalue weighted by atomic mass is 10.0. The van der Waals surface area contributed by atoms with Crippen LogP contribution in [0.25, 0.3) is 11.1 Å². The Balaban J connectivity index is 1.78. The Bertz CT molecular complexity index is 1160. The highest BCUT2D eigenvalue weighted by Crippen LogP contribution is 2.29. The number of rotatable bonds is 7. The van der Waals surface area contributed by atoms with Crippen molar-refractivity contribution in [2.75, 3.05) is 5.32 Å². The smallest absolute Gasteiger partial charge is 0.325 e. The molecular weight excluding hydrogens is 447 g/mol. The first-order valence-corrected chi connectivity index (χ1v) is 10.9. The number of aryl methyl sites for hydroxylation is 1. The minimum atomic E-state index is -1.11. The lowest BCUT2D eigenvalue weighted by Gasteiger charge is -2.17. The van der Waals surface area contributed by atoms with Crippen molar-refractivity contribution in [2.45, 2.75) is 32.9 Å². The van der Waals surface area contributed by atoms with Gasteiger partial charge >= 0.3 is 5.97 Å². The van der Waals surface area contributed by atoms with Crippen LogP contribution in [0.15, 0.2) is 60.7 Å². The largest absolute Gasteiger partial charge is 0.480 e. The average molecular weight is 471 g/mol. The molecule has 1 amide bonds. The van der Waals surface area contributed by atoms with E-state index in [0.29, 0.717) is 0 Å². The second-order valence-electron chi connectivity index (χ2n) is 7.68. The summed E-state index contributed by atoms with van der Waals surface area (Å²) in [6.45, 7) is 5.46. The number of halogens is 2. The van der Waals surface area contributed by atoms with Gasteiger partial charge in [-0.15, -0.1) is 0 Å². The zero-order valence-corrected chi connectivity index (χ0v) is 19.5. The Morgan fingerprint density at radius 3 is 2.28 bits per heavy atom. The first kappa shape index (κ1) is 23.6. The zero-order chi connectivity index (χ0) is 23.4. The van der Waals surface area contributed by atoms with Crippen molar-refractivity contribution in [1.29, 1.82) is 0 Å². The second-order valence-corrected chi connectivity index (χ2v) is 8.50. The number of benzene rings is 3. The van der Waals surface area contributed by atoms with E-state index in [1.165, 1.54) is 6.92 Å². The summed E-state index contributed by atoms with van der Waals surface area (Å²) in [7, 11) is 0. The van der Waals surface area contributed by atoms with Crippen LogP contribution in [0.2, 0.25) is 10.0 Å². The third-order valence-electron chi connectivity index (χ3n) is 5.19. The Morgan fingerprint density at radius 2 is 1.62 bits per heavy atom. The summed E-state index contributed by atoms with van der Waals surface area (Å²) in [5.41, 5.74) is 5.11. The van der Waals surface area contributed by atoms with Gasteiger partial charge in [-0.3, -0.25) is 9.59 Å². The number of nitrogens with one attached hydrogen (secondary N) is 2. The molecule has 0 aliphatic heterocycles. The maximum atomic E-state index is 12.3. The van der Waals surface area contributed by atoms with E-state index < -0.39 is 17.9 Å². The minimum Gasteiger partial charge on any atom is -0.480 e. The number of carbonyl (C=O) groups is 2. The zero-order valence-electron chi connectivity index (χ0n) is 17.9. The Morgan fingerprint density at radius 1 is 0.906 bits per heavy atom. The molecular formula is C25H24Cl2N2O3. The van der Waals surface area contributed by atoms with Gasteiger partial charge in [-0.25, -0.2) is 0 Å². The van der Waals surface area contributed by atoms with E-state index >= 15 is 0 Å². The molecule has 0 radical (unpaired) electrons. The summed E-state index contributed by atoms with van der Waals surface area (Å²) in [5, 5.41) is 15.9. The lowest BCUT2D eigenvalue weighted by Crippen LogP contribution is -2.38. The van der Waals surface area contributed by atoms with Crippen molar-refractivity contribution in [3.63, 3.8) is 0 Å². The van der Waals surface area contributed by atoms with Gasteiger partial charge in [0.1, 0.15) is 6.04 Å². The topological polar surface area (TPSA) is 78.4 Å². The minimum absolute atomic E-state index is 0.0760. The summed E-state index contributed by atoms with van der Waals surface area (Å²) < 4.78 is 0. The third-order valence-corrected chi connectivity index (χ3v) is 5.93. The first-order chi connectivity index (χ1) is 15.2. The molecule has 0 bridgehead atoms. The van der Waals surface area contributed by atoms with Gasteiger partial charge < -0.3 is 15.7 Å². The van der Waals surface area contributed by atoms with E-state index in [4.69, 9.17) is 28.3 Å². The van der Waals surface area contributed by atoms with Crippen LogP contribution < -0.4 is 10.6 Å². The molecule has 3 N–H and O–H groups in total. The number of anilines is 1. The van der Waals surface area contributed by atoms with Gasteiger partial charge in [-0.05, 0) is 73.4 Å². The summed E-state index contributed by atoms with van der Waals surface area (Å²) in [4.78, 5) is 23.3. The fourth-order valence-corrected chi connectivity index (χ4v) is 3.66. The Labute approximate surface area is 197 Å². The van der Waals surface area contributed by atoms with Crippen molar-refractivity contribution < 1.29 is 14.7 Å². The molecule has 166 valence electrons. The summed E-state index contributed by atoms with van der Waals surface area (Å²) in [5.74, 6) is -1.64. The van der Waals surface area contributed by atoms with E-state index in [0.717, 1.165) is 33.0 Å². The Hall–Kier alpha value is -3.02. The van der Waals surface area contributed by atoms with Gasteiger partial charge in [-0.1, -0.05) is 53.5 Å². The number of hydrogen-bond acceptors (Lipinski definition) is 3. The van der Waals surface area contributed by atoms with E-state index in [1.54, 1.807) is 18.2 Å². The summed E-state index contributed by atoms with van der Waals surface area (Å²) in [6, 6.07) is 18.0. The van der Waals surface area contributed by atoms with Crippen molar-refractivity contribution in [3.05, 3.63) is 87.4 Å². The number of carbonyl (C=O) groups excluding carboxylic acids is 1. The number of amides is 1. The van der Waals surface area contributed by atoms with Gasteiger partial charge in [0.2, 0.25) is 0 Å². The molecule has 1 unspecified atom stereocenters. The van der Waals surface area contributed by atoms with E-state index in [1.807, 2.05) is 43.3 Å². The molecule has 0 aromatic heterocycles. The normalized spacial score (nSPS) is 12.7. The molecule has 32 heavy (non-hydrogen) atoms. The Kier molecular flexibility index (Phi) is 7.44. The number of aliphatic carboxylic acids is 1. The van der Waals surface area contributed by atoms with E-state index in [2.05, 4.69) is 23.6 Å². The van der Waals surface area contributed by atoms with Crippen molar-refractivity contribution in [2.24, 2.45) is 0 Å². The molecule has 3 aromatic carbocycles. The quantitative estimate of drug-likeness (QED) is 0.376. The number of hydrogen-bond donors (Lipinski definition) is 3. The highest BCUT2D eigenvalue weighted by molar-refractivity contribution is 6.34. The molecule has 3 rings (SSSR count). The van der Waals surface area contributed by atoms with Crippen LogP contribution in [0, 0.1) is 6.92 Å². The molecule has 7 heteroatoms. The predicted molar refractivity (Wildman–Crippen MR) is 130 cm³/mol. The van der Waals surface area contributed by atoms with Crippen molar-refractivity contribution in [3.8, 4) is 11.1 Å². The fraction of sp³-hybridized carbons (Fsp3) is 0.200. The number of carboxylic acid groups (broad SMARTS) is 1. The fourth-order valence-electron chi connectivity index (χ4n) is 3.27. The maximum Gasteiger partial charge on any atom is 0.325 e. The standard InChI is InChI=1S/C25H24Cl2N2O3/c1-14-11-17(8-10-22(14)26)15(2)28-20-6-4-5-18(12-20)19-7-9-21(23(27)13-19)24(30)29-16(3)25(31)32/h4-13,15-16,28H,1-3H3,(H,29,30)(H,31,32)/t15?,16-/m0/s1. The van der Waals surface area contributed by atoms with Crippen LogP contribution in [-0.2, 0) is 4.79 Å². The highest BCUT2D eigenvalue weighted by atomic mass is 35.5. The molecule has 3 aromatic rings. The van der Waals surface area contributed by atoms with Gasteiger partial charge in [0.15, 0.2) is 0 Å². The molecule has 0 spiro atoms. The summed E-state index contributed by atoms with van der Waals surface area (Å²) >= 11 is 12.5. The van der Waals surface area contributed by atoms with Crippen LogP contribution in [-0.4, -0.2) is 23.0 Å². The van der Waals surface area contributed by atoms with Gasteiger partial charge in [-0.2, -0.15) is 0 Å². The first-order valence-electron chi connectivity index (χ1n) is 10.1.